The zero-order chi connectivity index (χ0) is 17.9. The standard InChI is InChI=1S/C17H18F2N2O3/c1-10-13(18)8-20-16(15(10)19)24-14-7-5-6-11(12(14)9-23-4)17(22)21(2)3/h5-8H,9H2,1-4H3. The van der Waals surface area contributed by atoms with Crippen LogP contribution in [0.2, 0.25) is 0 Å². The summed E-state index contributed by atoms with van der Waals surface area (Å²) in [6, 6.07) is 4.81. The SMILES string of the molecule is COCc1c(Oc2ncc(F)c(C)c2F)cccc1C(=O)N(C)C. The van der Waals surface area contributed by atoms with Crippen molar-refractivity contribution < 1.29 is 23.0 Å². The third-order valence-corrected chi connectivity index (χ3v) is 3.44. The first kappa shape index (κ1) is 17.8. The molecule has 2 aromatic rings. The molecule has 0 aliphatic carbocycles. The summed E-state index contributed by atoms with van der Waals surface area (Å²) >= 11 is 0. The first-order chi connectivity index (χ1) is 11.4. The number of nitrogens with zero attached hydrogens (tertiary/aromatic N) is 2. The van der Waals surface area contributed by atoms with Crippen LogP contribution in [0, 0.1) is 18.6 Å². The van der Waals surface area contributed by atoms with Crippen molar-refractivity contribution in [3.63, 3.8) is 0 Å². The highest BCUT2D eigenvalue weighted by molar-refractivity contribution is 5.96. The average Bonchev–Trinajstić information content (AvgIpc) is 2.56. The van der Waals surface area contributed by atoms with E-state index in [4.69, 9.17) is 9.47 Å². The van der Waals surface area contributed by atoms with Gasteiger partial charge in [-0.1, -0.05) is 6.07 Å². The zero-order valence-electron chi connectivity index (χ0n) is 13.9. The smallest absolute Gasteiger partial charge is 0.256 e. The van der Waals surface area contributed by atoms with Crippen LogP contribution in [0.15, 0.2) is 24.4 Å². The first-order valence-electron chi connectivity index (χ1n) is 7.17. The van der Waals surface area contributed by atoms with Gasteiger partial charge in [-0.05, 0) is 19.1 Å². The van der Waals surface area contributed by atoms with Gasteiger partial charge in [0.05, 0.1) is 12.8 Å². The predicted molar refractivity (Wildman–Crippen MR) is 84.1 cm³/mol. The fourth-order valence-electron chi connectivity index (χ4n) is 2.11. The zero-order valence-corrected chi connectivity index (χ0v) is 13.9. The van der Waals surface area contributed by atoms with E-state index in [0.29, 0.717) is 11.1 Å². The molecule has 0 saturated heterocycles. The Morgan fingerprint density at radius 1 is 1.29 bits per heavy atom. The minimum absolute atomic E-state index is 0.0902. The second kappa shape index (κ2) is 7.35. The number of aromatic nitrogens is 1. The number of ether oxygens (including phenoxy) is 2. The Bertz CT molecular complexity index is 764. The lowest BCUT2D eigenvalue weighted by Crippen LogP contribution is -2.23. The van der Waals surface area contributed by atoms with E-state index in [1.54, 1.807) is 32.3 Å². The number of carbonyl (C=O) groups is 1. The molecule has 2 rings (SSSR count). The number of hydrogen-bond donors (Lipinski definition) is 0. The summed E-state index contributed by atoms with van der Waals surface area (Å²) in [6.07, 6.45) is 0.887. The summed E-state index contributed by atoms with van der Waals surface area (Å²) < 4.78 is 38.1. The Kier molecular flexibility index (Phi) is 5.46. The topological polar surface area (TPSA) is 51.7 Å². The van der Waals surface area contributed by atoms with Gasteiger partial charge in [0.15, 0.2) is 5.82 Å². The Morgan fingerprint density at radius 2 is 2.00 bits per heavy atom. The first-order valence-corrected chi connectivity index (χ1v) is 7.17. The van der Waals surface area contributed by atoms with Crippen LogP contribution in [0.4, 0.5) is 8.78 Å². The van der Waals surface area contributed by atoms with E-state index in [-0.39, 0.29) is 29.7 Å². The van der Waals surface area contributed by atoms with Crippen LogP contribution in [-0.2, 0) is 11.3 Å². The number of benzene rings is 1. The summed E-state index contributed by atoms with van der Waals surface area (Å²) in [6.45, 7) is 1.38. The molecule has 0 atom stereocenters. The molecule has 0 aliphatic heterocycles. The third-order valence-electron chi connectivity index (χ3n) is 3.44. The maximum atomic E-state index is 14.1. The molecule has 0 N–H and O–H groups in total. The molecule has 0 radical (unpaired) electrons. The van der Waals surface area contributed by atoms with Gasteiger partial charge in [0.25, 0.3) is 11.8 Å². The molecular formula is C17H18F2N2O3. The highest BCUT2D eigenvalue weighted by Gasteiger charge is 2.20. The fraction of sp³-hybridized carbons (Fsp3) is 0.294. The molecule has 0 aliphatic rings. The van der Waals surface area contributed by atoms with Gasteiger partial charge in [0, 0.05) is 37.9 Å². The van der Waals surface area contributed by atoms with Crippen LogP contribution >= 0.6 is 0 Å². The molecule has 5 nitrogen and oxygen atoms in total. The van der Waals surface area contributed by atoms with E-state index in [1.165, 1.54) is 18.9 Å². The molecule has 1 amide bonds. The monoisotopic (exact) mass is 336 g/mol. The summed E-state index contributed by atoms with van der Waals surface area (Å²) in [4.78, 5) is 17.3. The third kappa shape index (κ3) is 3.51. The van der Waals surface area contributed by atoms with Gasteiger partial charge in [-0.25, -0.2) is 13.8 Å². The molecule has 0 unspecified atom stereocenters. The number of methoxy groups -OCH3 is 1. The van der Waals surface area contributed by atoms with Crippen LogP contribution in [-0.4, -0.2) is 37.0 Å². The maximum absolute atomic E-state index is 14.1. The van der Waals surface area contributed by atoms with E-state index in [0.717, 1.165) is 6.20 Å². The van der Waals surface area contributed by atoms with Crippen LogP contribution in [0.1, 0.15) is 21.5 Å². The molecule has 1 aromatic carbocycles. The molecule has 1 aromatic heterocycles. The van der Waals surface area contributed by atoms with Crippen LogP contribution in [0.5, 0.6) is 11.6 Å². The minimum Gasteiger partial charge on any atom is -0.436 e. The lowest BCUT2D eigenvalue weighted by Gasteiger charge is -2.17. The minimum atomic E-state index is -0.886. The van der Waals surface area contributed by atoms with Crippen molar-refractivity contribution in [3.8, 4) is 11.6 Å². The van der Waals surface area contributed by atoms with Crippen LogP contribution < -0.4 is 4.74 Å². The Labute approximate surface area is 138 Å². The van der Waals surface area contributed by atoms with Crippen molar-refractivity contribution >= 4 is 5.91 Å². The van der Waals surface area contributed by atoms with Gasteiger partial charge in [-0.15, -0.1) is 0 Å². The van der Waals surface area contributed by atoms with Crippen molar-refractivity contribution in [1.29, 1.82) is 0 Å². The second-order valence-electron chi connectivity index (χ2n) is 5.37. The van der Waals surface area contributed by atoms with Gasteiger partial charge >= 0.3 is 0 Å². The van der Waals surface area contributed by atoms with E-state index in [2.05, 4.69) is 4.98 Å². The quantitative estimate of drug-likeness (QED) is 0.841. The van der Waals surface area contributed by atoms with E-state index >= 15 is 0 Å². The van der Waals surface area contributed by atoms with Crippen molar-refractivity contribution in [3.05, 3.63) is 52.7 Å². The molecule has 128 valence electrons. The van der Waals surface area contributed by atoms with Crippen LogP contribution in [0.3, 0.4) is 0 Å². The summed E-state index contributed by atoms with van der Waals surface area (Å²) in [5.74, 6) is -2.02. The maximum Gasteiger partial charge on any atom is 0.256 e. The largest absolute Gasteiger partial charge is 0.436 e. The normalized spacial score (nSPS) is 10.6. The molecule has 7 heteroatoms. The van der Waals surface area contributed by atoms with Crippen LogP contribution in [0.25, 0.3) is 0 Å². The predicted octanol–water partition coefficient (Wildman–Crippen LogP) is 3.31. The molecule has 0 fully saturated rings. The van der Waals surface area contributed by atoms with E-state index in [9.17, 15) is 13.6 Å². The summed E-state index contributed by atoms with van der Waals surface area (Å²) in [5, 5.41) is 0. The summed E-state index contributed by atoms with van der Waals surface area (Å²) in [5.41, 5.74) is 0.647. The van der Waals surface area contributed by atoms with Crippen molar-refractivity contribution in [2.24, 2.45) is 0 Å². The summed E-state index contributed by atoms with van der Waals surface area (Å²) in [7, 11) is 4.72. The van der Waals surface area contributed by atoms with E-state index in [1.807, 2.05) is 0 Å². The van der Waals surface area contributed by atoms with Gasteiger partial charge in [-0.3, -0.25) is 4.79 Å². The number of pyridine rings is 1. The fourth-order valence-corrected chi connectivity index (χ4v) is 2.11. The van der Waals surface area contributed by atoms with Gasteiger partial charge in [-0.2, -0.15) is 0 Å². The van der Waals surface area contributed by atoms with Gasteiger partial charge in [0.2, 0.25) is 0 Å². The Hall–Kier alpha value is -2.54. The van der Waals surface area contributed by atoms with Gasteiger partial charge in [0.1, 0.15) is 11.6 Å². The number of amides is 1. The lowest BCUT2D eigenvalue weighted by molar-refractivity contribution is 0.0822. The van der Waals surface area contributed by atoms with Crippen molar-refractivity contribution in [2.45, 2.75) is 13.5 Å². The average molecular weight is 336 g/mol. The van der Waals surface area contributed by atoms with Gasteiger partial charge < -0.3 is 14.4 Å². The number of rotatable bonds is 5. The number of hydrogen-bond acceptors (Lipinski definition) is 4. The molecule has 24 heavy (non-hydrogen) atoms. The highest BCUT2D eigenvalue weighted by atomic mass is 19.1. The second-order valence-corrected chi connectivity index (χ2v) is 5.37. The number of carbonyl (C=O) groups excluding carboxylic acids is 1. The van der Waals surface area contributed by atoms with Crippen molar-refractivity contribution in [2.75, 3.05) is 21.2 Å². The molecular weight excluding hydrogens is 318 g/mol. The lowest BCUT2D eigenvalue weighted by atomic mass is 10.1. The Balaban J connectivity index is 2.49. The Morgan fingerprint density at radius 3 is 2.62 bits per heavy atom. The number of halogens is 2. The molecule has 0 bridgehead atoms. The van der Waals surface area contributed by atoms with Crippen molar-refractivity contribution in [1.82, 2.24) is 9.88 Å². The van der Waals surface area contributed by atoms with E-state index < -0.39 is 11.6 Å². The molecule has 0 saturated carbocycles. The highest BCUT2D eigenvalue weighted by Crippen LogP contribution is 2.30. The molecule has 0 spiro atoms. The molecule has 1 heterocycles.